The Morgan fingerprint density at radius 3 is 2.47 bits per heavy atom. The minimum Gasteiger partial charge on any atom is -0.339 e. The summed E-state index contributed by atoms with van der Waals surface area (Å²) in [5.74, 6) is -0.123. The Morgan fingerprint density at radius 1 is 1.32 bits per heavy atom. The normalized spacial score (nSPS) is 15.8. The zero-order chi connectivity index (χ0) is 14.0. The van der Waals surface area contributed by atoms with Gasteiger partial charge in [0.05, 0.1) is 4.90 Å². The van der Waals surface area contributed by atoms with Crippen molar-refractivity contribution in [2.75, 3.05) is 13.1 Å². The first-order valence-electron chi connectivity index (χ1n) is 6.30. The molecule has 0 aliphatic carbocycles. The molecule has 6 heteroatoms. The Labute approximate surface area is 117 Å². The average molecular weight is 302 g/mol. The van der Waals surface area contributed by atoms with Crippen LogP contribution in [-0.4, -0.2) is 32.3 Å². The maximum atomic E-state index is 12.2. The molecule has 1 aliphatic heterocycles. The molecule has 1 amide bonds. The van der Waals surface area contributed by atoms with Crippen molar-refractivity contribution in [2.24, 2.45) is 0 Å². The summed E-state index contributed by atoms with van der Waals surface area (Å²) in [5, 5.41) is 0. The molecule has 0 saturated carbocycles. The molecule has 1 fully saturated rings. The van der Waals surface area contributed by atoms with E-state index in [2.05, 4.69) is 0 Å². The van der Waals surface area contributed by atoms with Crippen molar-refractivity contribution in [1.82, 2.24) is 4.90 Å². The third-order valence-electron chi connectivity index (χ3n) is 3.35. The van der Waals surface area contributed by atoms with Crippen LogP contribution in [0.4, 0.5) is 0 Å². The van der Waals surface area contributed by atoms with Gasteiger partial charge < -0.3 is 4.90 Å². The van der Waals surface area contributed by atoms with Crippen LogP contribution >= 0.6 is 10.7 Å². The van der Waals surface area contributed by atoms with Crippen molar-refractivity contribution >= 4 is 25.6 Å². The van der Waals surface area contributed by atoms with Crippen LogP contribution in [0.15, 0.2) is 23.1 Å². The van der Waals surface area contributed by atoms with Gasteiger partial charge in [0.25, 0.3) is 15.0 Å². The number of carbonyl (C=O) groups is 1. The molecular formula is C13H16ClNO3S. The molecule has 0 unspecified atom stereocenters. The first-order chi connectivity index (χ1) is 8.93. The van der Waals surface area contributed by atoms with E-state index in [-0.39, 0.29) is 10.8 Å². The fourth-order valence-corrected chi connectivity index (χ4v) is 3.53. The van der Waals surface area contributed by atoms with Gasteiger partial charge in [-0.3, -0.25) is 4.79 Å². The number of halogens is 1. The van der Waals surface area contributed by atoms with Crippen LogP contribution in [0.1, 0.15) is 35.7 Å². The number of aryl methyl sites for hydroxylation is 1. The zero-order valence-corrected chi connectivity index (χ0v) is 12.3. The van der Waals surface area contributed by atoms with Crippen molar-refractivity contribution in [3.05, 3.63) is 29.3 Å². The zero-order valence-electron chi connectivity index (χ0n) is 10.7. The van der Waals surface area contributed by atoms with Crippen LogP contribution in [-0.2, 0) is 15.5 Å². The molecule has 1 heterocycles. The monoisotopic (exact) mass is 301 g/mol. The molecule has 0 atom stereocenters. The van der Waals surface area contributed by atoms with Crippen LogP contribution in [0.25, 0.3) is 0 Å². The summed E-state index contributed by atoms with van der Waals surface area (Å²) in [7, 11) is 1.60. The van der Waals surface area contributed by atoms with E-state index in [1.54, 1.807) is 17.0 Å². The molecule has 0 radical (unpaired) electrons. The molecule has 104 valence electrons. The quantitative estimate of drug-likeness (QED) is 0.806. The van der Waals surface area contributed by atoms with Crippen molar-refractivity contribution in [2.45, 2.75) is 31.1 Å². The molecule has 1 saturated heterocycles. The van der Waals surface area contributed by atoms with Gasteiger partial charge in [-0.2, -0.15) is 0 Å². The molecule has 0 spiro atoms. The van der Waals surface area contributed by atoms with Gasteiger partial charge in [-0.15, -0.1) is 0 Å². The highest BCUT2D eigenvalue weighted by Crippen LogP contribution is 2.23. The fraction of sp³-hybridized carbons (Fsp3) is 0.462. The SMILES string of the molecule is CCc1ccc(C(=O)N2CCCC2)cc1S(=O)(=O)Cl. The molecule has 1 aromatic rings. The number of hydrogen-bond acceptors (Lipinski definition) is 3. The topological polar surface area (TPSA) is 54.5 Å². The largest absolute Gasteiger partial charge is 0.339 e. The molecule has 2 rings (SSSR count). The van der Waals surface area contributed by atoms with Crippen molar-refractivity contribution in [3.63, 3.8) is 0 Å². The number of carbonyl (C=O) groups excluding carboxylic acids is 1. The molecule has 1 aliphatic rings. The van der Waals surface area contributed by atoms with E-state index < -0.39 is 9.05 Å². The van der Waals surface area contributed by atoms with Gasteiger partial charge in [-0.1, -0.05) is 13.0 Å². The maximum absolute atomic E-state index is 12.2. The number of amides is 1. The molecule has 4 nitrogen and oxygen atoms in total. The standard InChI is InChI=1S/C13H16ClNO3S/c1-2-10-5-6-11(9-12(10)19(14,17)18)13(16)15-7-3-4-8-15/h5-6,9H,2-4,7-8H2,1H3. The van der Waals surface area contributed by atoms with Crippen LogP contribution < -0.4 is 0 Å². The molecule has 19 heavy (non-hydrogen) atoms. The smallest absolute Gasteiger partial charge is 0.261 e. The summed E-state index contributed by atoms with van der Waals surface area (Å²) in [6.07, 6.45) is 2.55. The lowest BCUT2D eigenvalue weighted by Crippen LogP contribution is -2.27. The lowest BCUT2D eigenvalue weighted by Gasteiger charge is -2.16. The minimum absolute atomic E-state index is 0.0433. The summed E-state index contributed by atoms with van der Waals surface area (Å²) in [6.45, 7) is 3.32. The van der Waals surface area contributed by atoms with Gasteiger partial charge >= 0.3 is 0 Å². The summed E-state index contributed by atoms with van der Waals surface area (Å²) in [4.78, 5) is 14.0. The summed E-state index contributed by atoms with van der Waals surface area (Å²) in [6, 6.07) is 4.73. The highest BCUT2D eigenvalue weighted by atomic mass is 35.7. The van der Waals surface area contributed by atoms with Crippen LogP contribution in [0.5, 0.6) is 0 Å². The highest BCUT2D eigenvalue weighted by Gasteiger charge is 2.22. The van der Waals surface area contributed by atoms with E-state index in [1.807, 2.05) is 6.92 Å². The van der Waals surface area contributed by atoms with Crippen molar-refractivity contribution in [1.29, 1.82) is 0 Å². The fourth-order valence-electron chi connectivity index (χ4n) is 2.31. The average Bonchev–Trinajstić information content (AvgIpc) is 2.90. The lowest BCUT2D eigenvalue weighted by molar-refractivity contribution is 0.0792. The first kappa shape index (κ1) is 14.3. The van der Waals surface area contributed by atoms with Crippen LogP contribution in [0.3, 0.4) is 0 Å². The second-order valence-corrected chi connectivity index (χ2v) is 7.15. The number of hydrogen-bond donors (Lipinski definition) is 0. The molecular weight excluding hydrogens is 286 g/mol. The Bertz CT molecular complexity index is 592. The van der Waals surface area contributed by atoms with Gasteiger partial charge in [0.15, 0.2) is 0 Å². The van der Waals surface area contributed by atoms with E-state index in [9.17, 15) is 13.2 Å². The third-order valence-corrected chi connectivity index (χ3v) is 4.76. The summed E-state index contributed by atoms with van der Waals surface area (Å²) in [5.41, 5.74) is 1.02. The van der Waals surface area contributed by atoms with E-state index >= 15 is 0 Å². The second-order valence-electron chi connectivity index (χ2n) is 4.61. The van der Waals surface area contributed by atoms with E-state index in [0.717, 1.165) is 25.9 Å². The summed E-state index contributed by atoms with van der Waals surface area (Å²) < 4.78 is 23.1. The van der Waals surface area contributed by atoms with Gasteiger partial charge in [-0.05, 0) is 37.0 Å². The predicted octanol–water partition coefficient (Wildman–Crippen LogP) is 2.41. The summed E-state index contributed by atoms with van der Waals surface area (Å²) >= 11 is 0. The molecule has 0 bridgehead atoms. The van der Waals surface area contributed by atoms with Gasteiger partial charge in [0.2, 0.25) is 0 Å². The van der Waals surface area contributed by atoms with Crippen molar-refractivity contribution < 1.29 is 13.2 Å². The van der Waals surface area contributed by atoms with E-state index in [0.29, 0.717) is 17.5 Å². The van der Waals surface area contributed by atoms with Crippen molar-refractivity contribution in [3.8, 4) is 0 Å². The maximum Gasteiger partial charge on any atom is 0.261 e. The Hall–Kier alpha value is -1.07. The Morgan fingerprint density at radius 2 is 1.95 bits per heavy atom. The van der Waals surface area contributed by atoms with Gasteiger partial charge in [-0.25, -0.2) is 8.42 Å². The van der Waals surface area contributed by atoms with Crippen LogP contribution in [0.2, 0.25) is 0 Å². The van der Waals surface area contributed by atoms with Gasteiger partial charge in [0, 0.05) is 29.3 Å². The van der Waals surface area contributed by atoms with E-state index in [4.69, 9.17) is 10.7 Å². The van der Waals surface area contributed by atoms with E-state index in [1.165, 1.54) is 6.07 Å². The number of benzene rings is 1. The first-order valence-corrected chi connectivity index (χ1v) is 8.61. The Kier molecular flexibility index (Phi) is 4.16. The predicted molar refractivity (Wildman–Crippen MR) is 74.0 cm³/mol. The van der Waals surface area contributed by atoms with Gasteiger partial charge in [0.1, 0.15) is 0 Å². The highest BCUT2D eigenvalue weighted by molar-refractivity contribution is 8.13. The van der Waals surface area contributed by atoms with Crippen LogP contribution in [0, 0.1) is 0 Å². The lowest BCUT2D eigenvalue weighted by atomic mass is 10.1. The number of rotatable bonds is 3. The molecule has 0 N–H and O–H groups in total. The number of nitrogens with zero attached hydrogens (tertiary/aromatic N) is 1. The number of likely N-dealkylation sites (tertiary alicyclic amines) is 1. The third kappa shape index (κ3) is 3.09. The minimum atomic E-state index is -3.82. The second kappa shape index (κ2) is 5.51. The molecule has 1 aromatic carbocycles. The Balaban J connectivity index is 2.40. The molecule has 0 aromatic heterocycles.